The number of anilines is 1. The van der Waals surface area contributed by atoms with Crippen LogP contribution in [-0.4, -0.2) is 71.7 Å². The molecule has 196 valence electrons. The second-order valence-corrected chi connectivity index (χ2v) is 7.78. The van der Waals surface area contributed by atoms with Crippen LogP contribution in [0.2, 0.25) is 0 Å². The van der Waals surface area contributed by atoms with E-state index in [4.69, 9.17) is 16.4 Å². The number of hydrazone groups is 1. The smallest absolute Gasteiger partial charge is 0.339 e. The van der Waals surface area contributed by atoms with Crippen LogP contribution in [0.3, 0.4) is 0 Å². The Balaban J connectivity index is 0.00000186. The molecule has 0 atom stereocenters. The van der Waals surface area contributed by atoms with Crippen molar-refractivity contribution in [2.24, 2.45) is 16.8 Å². The summed E-state index contributed by atoms with van der Waals surface area (Å²) in [6.07, 6.45) is 1.22. The van der Waals surface area contributed by atoms with Crippen LogP contribution in [0.25, 0.3) is 10.9 Å². The lowest BCUT2D eigenvalue weighted by Crippen LogP contribution is -2.57. The lowest BCUT2D eigenvalue weighted by Gasteiger charge is -2.38. The van der Waals surface area contributed by atoms with Gasteiger partial charge in [0, 0.05) is 37.8 Å². The van der Waals surface area contributed by atoms with Crippen molar-refractivity contribution in [1.29, 1.82) is 0 Å². The van der Waals surface area contributed by atoms with Gasteiger partial charge < -0.3 is 25.4 Å². The molecule has 1 fully saturated rings. The summed E-state index contributed by atoms with van der Waals surface area (Å²) in [6.45, 7) is 5.05. The van der Waals surface area contributed by atoms with E-state index in [1.54, 1.807) is 17.0 Å². The first kappa shape index (κ1) is 27.1. The zero-order valence-electron chi connectivity index (χ0n) is 20.9. The predicted molar refractivity (Wildman–Crippen MR) is 138 cm³/mol. The molecule has 1 aliphatic rings. The Morgan fingerprint density at radius 2 is 1.62 bits per heavy atom. The number of nitrogens with zero attached hydrogens (tertiary/aromatic N) is 4. The number of benzene rings is 2. The van der Waals surface area contributed by atoms with Crippen molar-refractivity contribution in [2.45, 2.75) is 13.8 Å². The highest BCUT2D eigenvalue weighted by Crippen LogP contribution is 2.26. The number of para-hydroxylation sites is 1. The molecule has 0 unspecified atom stereocenters. The first-order chi connectivity index (χ1) is 17.9. The zero-order valence-corrected chi connectivity index (χ0v) is 20.9. The highest BCUT2D eigenvalue weighted by atomic mass is 19.1. The normalized spacial score (nSPS) is 13.6. The van der Waals surface area contributed by atoms with E-state index in [0.717, 1.165) is 6.07 Å². The van der Waals surface area contributed by atoms with Crippen molar-refractivity contribution in [1.82, 2.24) is 14.8 Å². The maximum atomic E-state index is 14.6. The van der Waals surface area contributed by atoms with Crippen molar-refractivity contribution in [2.75, 3.05) is 38.3 Å². The van der Waals surface area contributed by atoms with Gasteiger partial charge in [0.2, 0.25) is 5.96 Å². The van der Waals surface area contributed by atoms with Crippen molar-refractivity contribution in [3.63, 3.8) is 0 Å². The number of nitrogens with one attached hydrogen (secondary N) is 1. The fourth-order valence-electron chi connectivity index (χ4n) is 4.03. The molecule has 1 saturated heterocycles. The number of carbonyl (C=O) groups excluding carboxylic acids is 3. The van der Waals surface area contributed by atoms with Gasteiger partial charge in [-0.1, -0.05) is 32.0 Å². The number of H-pyrrole nitrogens is 1. The molecular formula is C25H30FN7O4. The van der Waals surface area contributed by atoms with Gasteiger partial charge in [-0.2, -0.15) is 0 Å². The lowest BCUT2D eigenvalue weighted by molar-refractivity contribution is -0.127. The van der Waals surface area contributed by atoms with Crippen LogP contribution < -0.4 is 16.7 Å². The van der Waals surface area contributed by atoms with Crippen LogP contribution in [0, 0.1) is 5.82 Å². The van der Waals surface area contributed by atoms with Gasteiger partial charge >= 0.3 is 5.97 Å². The maximum absolute atomic E-state index is 14.6. The van der Waals surface area contributed by atoms with Gasteiger partial charge in [-0.3, -0.25) is 9.59 Å². The number of nitrogens with two attached hydrogens (primary N) is 2. The minimum absolute atomic E-state index is 0.0577. The molecule has 0 aliphatic carbocycles. The number of halogens is 1. The number of hydrogen-bond donors (Lipinski definition) is 3. The number of Topliss-reactive ketones (excluding diaryl/α,β-unsaturated/α-hetero) is 1. The second kappa shape index (κ2) is 12.0. The molecule has 4 rings (SSSR count). The fraction of sp³-hybridized carbons (Fsp3) is 0.280. The second-order valence-electron chi connectivity index (χ2n) is 7.78. The van der Waals surface area contributed by atoms with E-state index in [9.17, 15) is 18.8 Å². The molecule has 12 heteroatoms. The van der Waals surface area contributed by atoms with Gasteiger partial charge in [-0.25, -0.2) is 20.0 Å². The number of methoxy groups -OCH3 is 1. The maximum Gasteiger partial charge on any atom is 0.339 e. The number of rotatable bonds is 4. The molecule has 0 saturated carbocycles. The van der Waals surface area contributed by atoms with Crippen molar-refractivity contribution in [3.8, 4) is 0 Å². The Morgan fingerprint density at radius 1 is 1.00 bits per heavy atom. The van der Waals surface area contributed by atoms with Crippen molar-refractivity contribution < 1.29 is 23.5 Å². The Morgan fingerprint density at radius 3 is 2.22 bits per heavy atom. The third kappa shape index (κ3) is 5.38. The zero-order chi connectivity index (χ0) is 27.1. The van der Waals surface area contributed by atoms with Crippen LogP contribution in [0.5, 0.6) is 0 Å². The van der Waals surface area contributed by atoms with E-state index in [2.05, 4.69) is 10.1 Å². The summed E-state index contributed by atoms with van der Waals surface area (Å²) < 4.78 is 19.3. The third-order valence-corrected chi connectivity index (χ3v) is 5.84. The van der Waals surface area contributed by atoms with E-state index in [0.29, 0.717) is 24.7 Å². The molecule has 2 aromatic carbocycles. The van der Waals surface area contributed by atoms with Gasteiger partial charge in [0.05, 0.1) is 29.4 Å². The Hall–Kier alpha value is -4.45. The highest BCUT2D eigenvalue weighted by molar-refractivity contribution is 6.45. The highest BCUT2D eigenvalue weighted by Gasteiger charge is 2.31. The number of fused-ring (bicyclic) bond motifs is 1. The van der Waals surface area contributed by atoms with E-state index < -0.39 is 23.5 Å². The molecule has 37 heavy (non-hydrogen) atoms. The molecule has 11 nitrogen and oxygen atoms in total. The van der Waals surface area contributed by atoms with Gasteiger partial charge in [0.15, 0.2) is 0 Å². The standard InChI is InChI=1S/C23H24FN7O4.C2H6/c1-35-22(34)15-7-8-17(24)18-16(13-27-19(15)18)20(32)21(33)29-9-11-30(12-10-29)23(28-25)31(26)14-5-3-2-4-6-14;1-2/h2-8,13,27H,9-12,25-26H2,1H3;1-2H3/b28-23-;. The number of piperazine rings is 1. The minimum Gasteiger partial charge on any atom is -0.465 e. The van der Waals surface area contributed by atoms with Crippen molar-refractivity contribution >= 4 is 40.2 Å². The van der Waals surface area contributed by atoms with Crippen LogP contribution in [-0.2, 0) is 9.53 Å². The SMILES string of the molecule is CC.COC(=O)c1ccc(F)c2c(C(=O)C(=O)N3CCN(/C(=N/N)N(N)c4ccccc4)CC3)c[nH]c12. The molecule has 3 aromatic rings. The summed E-state index contributed by atoms with van der Waals surface area (Å²) in [5.74, 6) is 8.96. The number of hydrazine groups is 1. The summed E-state index contributed by atoms with van der Waals surface area (Å²) >= 11 is 0. The van der Waals surface area contributed by atoms with Gasteiger partial charge in [-0.15, -0.1) is 5.10 Å². The molecular weight excluding hydrogens is 481 g/mol. The first-order valence-electron chi connectivity index (χ1n) is 11.7. The Labute approximate surface area is 213 Å². The van der Waals surface area contributed by atoms with Gasteiger partial charge in [-0.05, 0) is 24.3 Å². The first-order valence-corrected chi connectivity index (χ1v) is 11.7. The predicted octanol–water partition coefficient (Wildman–Crippen LogP) is 2.06. The average Bonchev–Trinajstić information content (AvgIpc) is 3.40. The fourth-order valence-corrected chi connectivity index (χ4v) is 4.03. The van der Waals surface area contributed by atoms with Gasteiger partial charge in [0.1, 0.15) is 5.82 Å². The summed E-state index contributed by atoms with van der Waals surface area (Å²) in [7, 11) is 1.19. The molecule has 0 bridgehead atoms. The number of aromatic amines is 1. The van der Waals surface area contributed by atoms with Crippen LogP contribution in [0.15, 0.2) is 53.8 Å². The number of amides is 1. The summed E-state index contributed by atoms with van der Waals surface area (Å²) in [4.78, 5) is 43.9. The topological polar surface area (TPSA) is 150 Å². The number of hydrogen-bond acceptors (Lipinski definition) is 7. The Kier molecular flexibility index (Phi) is 8.80. The quantitative estimate of drug-likeness (QED) is 0.0916. The number of guanidine groups is 1. The number of ether oxygens (including phenoxy) is 1. The summed E-state index contributed by atoms with van der Waals surface area (Å²) in [5.41, 5.74) is 0.670. The van der Waals surface area contributed by atoms with Crippen LogP contribution >= 0.6 is 0 Å². The monoisotopic (exact) mass is 511 g/mol. The van der Waals surface area contributed by atoms with E-state index in [-0.39, 0.29) is 35.1 Å². The molecule has 1 amide bonds. The van der Waals surface area contributed by atoms with E-state index >= 15 is 0 Å². The summed E-state index contributed by atoms with van der Waals surface area (Å²) in [5, 5.41) is 5.00. The Bertz CT molecular complexity index is 1300. The molecule has 2 heterocycles. The molecule has 5 N–H and O–H groups in total. The third-order valence-electron chi connectivity index (χ3n) is 5.84. The lowest BCUT2D eigenvalue weighted by atomic mass is 10.0. The molecule has 0 spiro atoms. The molecule has 0 radical (unpaired) electrons. The largest absolute Gasteiger partial charge is 0.465 e. The number of ketones is 1. The number of esters is 1. The van der Waals surface area contributed by atoms with E-state index in [1.807, 2.05) is 32.0 Å². The number of carbonyl (C=O) groups is 3. The number of aromatic nitrogens is 1. The average molecular weight is 512 g/mol. The van der Waals surface area contributed by atoms with Crippen molar-refractivity contribution in [3.05, 3.63) is 65.6 Å². The van der Waals surface area contributed by atoms with E-state index in [1.165, 1.54) is 29.3 Å². The summed E-state index contributed by atoms with van der Waals surface area (Å²) in [6, 6.07) is 11.4. The minimum atomic E-state index is -0.886. The molecule has 1 aromatic heterocycles. The van der Waals surface area contributed by atoms with Crippen LogP contribution in [0.1, 0.15) is 34.6 Å². The molecule has 1 aliphatic heterocycles. The van der Waals surface area contributed by atoms with Crippen LogP contribution in [0.4, 0.5) is 10.1 Å². The van der Waals surface area contributed by atoms with Gasteiger partial charge in [0.25, 0.3) is 11.7 Å².